The molecule has 0 amide bonds. The fraction of sp³-hybridized carbons (Fsp3) is 0.238. The number of methoxy groups -OCH3 is 1. The molecule has 1 aliphatic heterocycles. The second-order valence-electron chi connectivity index (χ2n) is 6.35. The van der Waals surface area contributed by atoms with Gasteiger partial charge in [0.15, 0.2) is 0 Å². The average molecular weight is 413 g/mol. The number of hydrogen-bond donors (Lipinski definition) is 0. The van der Waals surface area contributed by atoms with Gasteiger partial charge in [-0.25, -0.2) is 0 Å². The van der Waals surface area contributed by atoms with Crippen molar-refractivity contribution in [1.29, 1.82) is 0 Å². The zero-order valence-electron chi connectivity index (χ0n) is 14.6. The standard InChI is InChI=1S/C21H21BrN2O2/c1-25-18-8-6-16(7-9-18)14-24-12-13-26-21(24)17-10-11-23(15-17)20-5-3-2-4-19(20)22/h2-11,15,21H,12-14H2,1H3/t21-/m1/s1. The summed E-state index contributed by atoms with van der Waals surface area (Å²) in [6.07, 6.45) is 4.22. The third kappa shape index (κ3) is 3.56. The molecule has 3 aromatic rings. The van der Waals surface area contributed by atoms with Crippen LogP contribution in [0.4, 0.5) is 0 Å². The molecular formula is C21H21BrN2O2. The molecule has 4 rings (SSSR count). The van der Waals surface area contributed by atoms with Gasteiger partial charge in [0.2, 0.25) is 0 Å². The predicted octanol–water partition coefficient (Wildman–Crippen LogP) is 4.78. The van der Waals surface area contributed by atoms with E-state index < -0.39 is 0 Å². The maximum absolute atomic E-state index is 6.02. The van der Waals surface area contributed by atoms with Crippen molar-refractivity contribution in [3.63, 3.8) is 0 Å². The van der Waals surface area contributed by atoms with Crippen LogP contribution in [-0.4, -0.2) is 29.7 Å². The molecule has 1 saturated heterocycles. The molecule has 1 atom stereocenters. The molecule has 0 bridgehead atoms. The molecule has 2 aromatic carbocycles. The van der Waals surface area contributed by atoms with Crippen molar-refractivity contribution < 1.29 is 9.47 Å². The number of ether oxygens (including phenoxy) is 2. The molecule has 4 nitrogen and oxygen atoms in total. The Balaban J connectivity index is 1.52. The number of benzene rings is 2. The van der Waals surface area contributed by atoms with Crippen molar-refractivity contribution in [2.45, 2.75) is 12.8 Å². The van der Waals surface area contributed by atoms with E-state index in [2.05, 4.69) is 68.1 Å². The maximum Gasteiger partial charge on any atom is 0.138 e. The van der Waals surface area contributed by atoms with E-state index in [9.17, 15) is 0 Å². The summed E-state index contributed by atoms with van der Waals surface area (Å²) in [5.41, 5.74) is 3.55. The molecule has 1 aliphatic rings. The minimum atomic E-state index is -0.0131. The number of para-hydroxylation sites is 1. The van der Waals surface area contributed by atoms with Crippen LogP contribution < -0.4 is 4.74 Å². The van der Waals surface area contributed by atoms with Crippen LogP contribution in [0, 0.1) is 0 Å². The van der Waals surface area contributed by atoms with E-state index in [-0.39, 0.29) is 6.23 Å². The van der Waals surface area contributed by atoms with E-state index in [4.69, 9.17) is 9.47 Å². The van der Waals surface area contributed by atoms with E-state index in [1.54, 1.807) is 7.11 Å². The summed E-state index contributed by atoms with van der Waals surface area (Å²) in [5, 5.41) is 0. The number of rotatable bonds is 5. The van der Waals surface area contributed by atoms with Crippen LogP contribution >= 0.6 is 15.9 Å². The molecular weight excluding hydrogens is 392 g/mol. The monoisotopic (exact) mass is 412 g/mol. The van der Waals surface area contributed by atoms with Gasteiger partial charge in [0.1, 0.15) is 12.0 Å². The first-order valence-corrected chi connectivity index (χ1v) is 9.45. The first-order valence-electron chi connectivity index (χ1n) is 8.66. The minimum Gasteiger partial charge on any atom is -0.497 e. The van der Waals surface area contributed by atoms with Gasteiger partial charge in [0.25, 0.3) is 0 Å². The zero-order chi connectivity index (χ0) is 17.9. The van der Waals surface area contributed by atoms with Crippen molar-refractivity contribution in [3.05, 3.63) is 82.6 Å². The van der Waals surface area contributed by atoms with Crippen LogP contribution in [0.25, 0.3) is 5.69 Å². The van der Waals surface area contributed by atoms with Gasteiger partial charge in [0, 0.05) is 35.5 Å². The summed E-state index contributed by atoms with van der Waals surface area (Å²) in [5.74, 6) is 0.883. The van der Waals surface area contributed by atoms with Crippen molar-refractivity contribution in [2.75, 3.05) is 20.3 Å². The second-order valence-corrected chi connectivity index (χ2v) is 7.20. The first-order chi connectivity index (χ1) is 12.7. The van der Waals surface area contributed by atoms with Gasteiger partial charge in [-0.3, -0.25) is 4.90 Å². The topological polar surface area (TPSA) is 26.6 Å². The smallest absolute Gasteiger partial charge is 0.138 e. The number of nitrogens with zero attached hydrogens (tertiary/aromatic N) is 2. The molecule has 1 aromatic heterocycles. The van der Waals surface area contributed by atoms with E-state index in [0.29, 0.717) is 0 Å². The highest BCUT2D eigenvalue weighted by atomic mass is 79.9. The maximum atomic E-state index is 6.02. The highest BCUT2D eigenvalue weighted by Gasteiger charge is 2.27. The van der Waals surface area contributed by atoms with E-state index >= 15 is 0 Å². The van der Waals surface area contributed by atoms with Crippen molar-refractivity contribution in [2.24, 2.45) is 0 Å². The Kier molecular flexibility index (Phi) is 5.11. The van der Waals surface area contributed by atoms with Gasteiger partial charge in [-0.2, -0.15) is 0 Å². The minimum absolute atomic E-state index is 0.0131. The SMILES string of the molecule is COc1ccc(CN2CCO[C@@H]2c2ccn(-c3ccccc3Br)c2)cc1. The molecule has 0 spiro atoms. The molecule has 134 valence electrons. The molecule has 26 heavy (non-hydrogen) atoms. The van der Waals surface area contributed by atoms with Gasteiger partial charge in [0.05, 0.1) is 19.4 Å². The Bertz CT molecular complexity index is 876. The number of hydrogen-bond acceptors (Lipinski definition) is 3. The summed E-state index contributed by atoms with van der Waals surface area (Å²) in [6, 6.07) is 18.6. The van der Waals surface area contributed by atoms with Crippen LogP contribution in [0.15, 0.2) is 71.5 Å². The van der Waals surface area contributed by atoms with Crippen molar-refractivity contribution >= 4 is 15.9 Å². The van der Waals surface area contributed by atoms with Gasteiger partial charge >= 0.3 is 0 Å². The number of aromatic nitrogens is 1. The summed E-state index contributed by atoms with van der Waals surface area (Å²) in [7, 11) is 1.69. The Morgan fingerprint density at radius 2 is 1.92 bits per heavy atom. The Labute approximate surface area is 162 Å². The third-order valence-corrected chi connectivity index (χ3v) is 5.33. The Morgan fingerprint density at radius 3 is 2.69 bits per heavy atom. The Morgan fingerprint density at radius 1 is 1.12 bits per heavy atom. The fourth-order valence-corrected chi connectivity index (χ4v) is 3.80. The summed E-state index contributed by atoms with van der Waals surface area (Å²) >= 11 is 3.62. The molecule has 2 heterocycles. The van der Waals surface area contributed by atoms with Crippen LogP contribution in [0.2, 0.25) is 0 Å². The van der Waals surface area contributed by atoms with Gasteiger partial charge < -0.3 is 14.0 Å². The highest BCUT2D eigenvalue weighted by molar-refractivity contribution is 9.10. The normalized spacial score (nSPS) is 17.5. The fourth-order valence-electron chi connectivity index (χ4n) is 3.31. The molecule has 0 saturated carbocycles. The second kappa shape index (κ2) is 7.66. The van der Waals surface area contributed by atoms with Crippen LogP contribution in [0.1, 0.15) is 17.4 Å². The lowest BCUT2D eigenvalue weighted by molar-refractivity contribution is 0.0288. The van der Waals surface area contributed by atoms with Crippen LogP contribution in [0.5, 0.6) is 5.75 Å². The van der Waals surface area contributed by atoms with Crippen LogP contribution in [-0.2, 0) is 11.3 Å². The third-order valence-electron chi connectivity index (χ3n) is 4.66. The predicted molar refractivity (Wildman–Crippen MR) is 106 cm³/mol. The zero-order valence-corrected chi connectivity index (χ0v) is 16.2. The van der Waals surface area contributed by atoms with Crippen molar-refractivity contribution in [1.82, 2.24) is 9.47 Å². The number of halogens is 1. The summed E-state index contributed by atoms with van der Waals surface area (Å²) < 4.78 is 14.5. The lowest BCUT2D eigenvalue weighted by atomic mass is 10.2. The largest absolute Gasteiger partial charge is 0.497 e. The molecule has 0 aliphatic carbocycles. The van der Waals surface area contributed by atoms with Gasteiger partial charge in [-0.15, -0.1) is 0 Å². The van der Waals surface area contributed by atoms with Gasteiger partial charge in [-0.1, -0.05) is 24.3 Å². The highest BCUT2D eigenvalue weighted by Crippen LogP contribution is 2.30. The van der Waals surface area contributed by atoms with Crippen molar-refractivity contribution in [3.8, 4) is 11.4 Å². The first kappa shape index (κ1) is 17.3. The lowest BCUT2D eigenvalue weighted by Crippen LogP contribution is -2.23. The van der Waals surface area contributed by atoms with Gasteiger partial charge in [-0.05, 0) is 51.8 Å². The molecule has 5 heteroatoms. The summed E-state index contributed by atoms with van der Waals surface area (Å²) in [4.78, 5) is 2.36. The molecule has 1 fully saturated rings. The van der Waals surface area contributed by atoms with Crippen LogP contribution in [0.3, 0.4) is 0 Å². The Hall–Kier alpha value is -2.08. The molecule has 0 unspecified atom stereocenters. The lowest BCUT2D eigenvalue weighted by Gasteiger charge is -2.22. The molecule has 0 radical (unpaired) electrons. The molecule has 0 N–H and O–H groups in total. The van der Waals surface area contributed by atoms with E-state index in [1.807, 2.05) is 24.3 Å². The van der Waals surface area contributed by atoms with E-state index in [1.165, 1.54) is 11.1 Å². The average Bonchev–Trinajstić information content (AvgIpc) is 3.32. The quantitative estimate of drug-likeness (QED) is 0.603. The van der Waals surface area contributed by atoms with E-state index in [0.717, 1.165) is 35.6 Å². The summed E-state index contributed by atoms with van der Waals surface area (Å²) in [6.45, 7) is 2.53.